The lowest BCUT2D eigenvalue weighted by molar-refractivity contribution is 0.396. The van der Waals surface area contributed by atoms with Gasteiger partial charge in [-0.2, -0.15) is 4.31 Å². The van der Waals surface area contributed by atoms with Crippen LogP contribution in [0, 0.1) is 5.92 Å². The number of hydrogen-bond acceptors (Lipinski definition) is 3. The van der Waals surface area contributed by atoms with Crippen LogP contribution in [0.2, 0.25) is 0 Å². The molecule has 0 aromatic heterocycles. The number of benzene rings is 1. The smallest absolute Gasteiger partial charge is 0.246 e. The largest absolute Gasteiger partial charge is 0.495 e. The summed E-state index contributed by atoms with van der Waals surface area (Å²) in [5.74, 6) is 1.13. The van der Waals surface area contributed by atoms with Gasteiger partial charge in [0.2, 0.25) is 10.0 Å². The van der Waals surface area contributed by atoms with E-state index in [1.165, 1.54) is 7.11 Å². The first-order valence-electron chi connectivity index (χ1n) is 7.26. The summed E-state index contributed by atoms with van der Waals surface area (Å²) in [6.07, 6.45) is 3.10. The van der Waals surface area contributed by atoms with Gasteiger partial charge in [-0.05, 0) is 36.5 Å². The Morgan fingerprint density at radius 3 is 2.81 bits per heavy atom. The first-order chi connectivity index (χ1) is 10.0. The Labute approximate surface area is 132 Å². The standard InChI is InChI=1S/C15H22ClNO3S/c1-3-4-12-7-8-17(11-12)21(18,19)15-9-13(10-16)5-6-14(15)20-2/h5-6,9,12H,3-4,7-8,10-11H2,1-2H3. The van der Waals surface area contributed by atoms with E-state index >= 15 is 0 Å². The number of alkyl halides is 1. The van der Waals surface area contributed by atoms with Gasteiger partial charge in [-0.1, -0.05) is 19.4 Å². The second-order valence-corrected chi connectivity index (χ2v) is 7.60. The van der Waals surface area contributed by atoms with Gasteiger partial charge in [0.1, 0.15) is 10.6 Å². The molecule has 0 saturated carbocycles. The summed E-state index contributed by atoms with van der Waals surface area (Å²) in [5.41, 5.74) is 0.778. The molecule has 1 saturated heterocycles. The molecule has 1 aromatic carbocycles. The van der Waals surface area contributed by atoms with Crippen molar-refractivity contribution in [2.24, 2.45) is 5.92 Å². The number of hydrogen-bond donors (Lipinski definition) is 0. The number of methoxy groups -OCH3 is 1. The second-order valence-electron chi connectivity index (χ2n) is 5.43. The van der Waals surface area contributed by atoms with E-state index in [-0.39, 0.29) is 10.8 Å². The van der Waals surface area contributed by atoms with Crippen LogP contribution in [-0.2, 0) is 15.9 Å². The van der Waals surface area contributed by atoms with Gasteiger partial charge in [0.05, 0.1) is 7.11 Å². The molecule has 1 aromatic rings. The maximum absolute atomic E-state index is 12.8. The van der Waals surface area contributed by atoms with Crippen molar-refractivity contribution in [3.05, 3.63) is 23.8 Å². The highest BCUT2D eigenvalue weighted by atomic mass is 35.5. The number of sulfonamides is 1. The van der Waals surface area contributed by atoms with Gasteiger partial charge in [0.15, 0.2) is 0 Å². The van der Waals surface area contributed by atoms with Crippen molar-refractivity contribution in [3.8, 4) is 5.75 Å². The van der Waals surface area contributed by atoms with Gasteiger partial charge >= 0.3 is 0 Å². The van der Waals surface area contributed by atoms with E-state index in [0.29, 0.717) is 24.8 Å². The van der Waals surface area contributed by atoms with Crippen LogP contribution in [0.4, 0.5) is 0 Å². The van der Waals surface area contributed by atoms with Crippen LogP contribution in [-0.4, -0.2) is 32.9 Å². The fourth-order valence-electron chi connectivity index (χ4n) is 2.80. The normalized spacial score (nSPS) is 19.9. The summed E-state index contributed by atoms with van der Waals surface area (Å²) in [4.78, 5) is 0.222. The molecule has 118 valence electrons. The van der Waals surface area contributed by atoms with Crippen molar-refractivity contribution in [2.75, 3.05) is 20.2 Å². The van der Waals surface area contributed by atoms with Crippen molar-refractivity contribution in [1.29, 1.82) is 0 Å². The SMILES string of the molecule is CCCC1CCN(S(=O)(=O)c2cc(CCl)ccc2OC)C1. The first-order valence-corrected chi connectivity index (χ1v) is 9.23. The predicted octanol–water partition coefficient (Wildman–Crippen LogP) is 3.24. The van der Waals surface area contributed by atoms with Gasteiger partial charge in [-0.25, -0.2) is 8.42 Å². The Morgan fingerprint density at radius 2 is 2.19 bits per heavy atom. The number of halogens is 1. The summed E-state index contributed by atoms with van der Waals surface area (Å²) in [7, 11) is -2.03. The summed E-state index contributed by atoms with van der Waals surface area (Å²) in [6.45, 7) is 3.32. The maximum Gasteiger partial charge on any atom is 0.246 e. The van der Waals surface area contributed by atoms with E-state index in [1.54, 1.807) is 22.5 Å². The van der Waals surface area contributed by atoms with Gasteiger partial charge in [-0.3, -0.25) is 0 Å². The zero-order chi connectivity index (χ0) is 15.5. The molecule has 21 heavy (non-hydrogen) atoms. The lowest BCUT2D eigenvalue weighted by Gasteiger charge is -2.19. The zero-order valence-electron chi connectivity index (χ0n) is 12.5. The first kappa shape index (κ1) is 16.6. The van der Waals surface area contributed by atoms with E-state index in [1.807, 2.05) is 0 Å². The molecule has 1 aliphatic heterocycles. The van der Waals surface area contributed by atoms with Crippen molar-refractivity contribution >= 4 is 21.6 Å². The van der Waals surface area contributed by atoms with Crippen LogP contribution in [0.15, 0.2) is 23.1 Å². The highest BCUT2D eigenvalue weighted by molar-refractivity contribution is 7.89. The molecule has 1 aliphatic rings. The minimum atomic E-state index is -3.52. The van der Waals surface area contributed by atoms with Crippen molar-refractivity contribution in [3.63, 3.8) is 0 Å². The summed E-state index contributed by atoms with van der Waals surface area (Å²) in [5, 5.41) is 0. The molecule has 6 heteroatoms. The summed E-state index contributed by atoms with van der Waals surface area (Å²) in [6, 6.07) is 5.08. The molecule has 0 bridgehead atoms. The molecule has 0 N–H and O–H groups in total. The average Bonchev–Trinajstić information content (AvgIpc) is 2.96. The molecule has 2 rings (SSSR count). The lowest BCUT2D eigenvalue weighted by Crippen LogP contribution is -2.29. The van der Waals surface area contributed by atoms with Crippen molar-refractivity contribution < 1.29 is 13.2 Å². The molecule has 4 nitrogen and oxygen atoms in total. The van der Waals surface area contributed by atoms with Crippen LogP contribution >= 0.6 is 11.6 Å². The second kappa shape index (κ2) is 6.99. The molecule has 1 fully saturated rings. The number of nitrogens with zero attached hydrogens (tertiary/aromatic N) is 1. The molecule has 1 unspecified atom stereocenters. The molecule has 0 spiro atoms. The predicted molar refractivity (Wildman–Crippen MR) is 84.3 cm³/mol. The maximum atomic E-state index is 12.8. The molecule has 1 heterocycles. The summed E-state index contributed by atoms with van der Waals surface area (Å²) < 4.78 is 32.5. The monoisotopic (exact) mass is 331 g/mol. The van der Waals surface area contributed by atoms with Gasteiger partial charge in [0.25, 0.3) is 0 Å². The van der Waals surface area contributed by atoms with E-state index in [9.17, 15) is 8.42 Å². The van der Waals surface area contributed by atoms with E-state index in [2.05, 4.69) is 6.92 Å². The third-order valence-electron chi connectivity index (χ3n) is 3.95. The Hall–Kier alpha value is -0.780. The molecular formula is C15H22ClNO3S. The van der Waals surface area contributed by atoms with E-state index in [4.69, 9.17) is 16.3 Å². The van der Waals surface area contributed by atoms with Crippen LogP contribution in [0.5, 0.6) is 5.75 Å². The molecule has 0 aliphatic carbocycles. The zero-order valence-corrected chi connectivity index (χ0v) is 14.1. The Bertz CT molecular complexity index is 589. The van der Waals surface area contributed by atoms with Crippen LogP contribution in [0.1, 0.15) is 31.7 Å². The Kier molecular flexibility index (Phi) is 5.52. The number of rotatable bonds is 6. The lowest BCUT2D eigenvalue weighted by atomic mass is 10.0. The summed E-state index contributed by atoms with van der Waals surface area (Å²) >= 11 is 5.82. The van der Waals surface area contributed by atoms with Crippen molar-refractivity contribution in [1.82, 2.24) is 4.31 Å². The topological polar surface area (TPSA) is 46.6 Å². The third-order valence-corrected chi connectivity index (χ3v) is 6.14. The van der Waals surface area contributed by atoms with E-state index < -0.39 is 10.0 Å². The quantitative estimate of drug-likeness (QED) is 0.752. The van der Waals surface area contributed by atoms with Gasteiger partial charge in [0, 0.05) is 19.0 Å². The molecular weight excluding hydrogens is 310 g/mol. The van der Waals surface area contributed by atoms with Crippen LogP contribution in [0.25, 0.3) is 0 Å². The number of ether oxygens (including phenoxy) is 1. The van der Waals surface area contributed by atoms with Crippen molar-refractivity contribution in [2.45, 2.75) is 37.0 Å². The highest BCUT2D eigenvalue weighted by Gasteiger charge is 2.34. The van der Waals surface area contributed by atoms with Gasteiger partial charge < -0.3 is 4.74 Å². The minimum Gasteiger partial charge on any atom is -0.495 e. The Balaban J connectivity index is 2.31. The molecule has 1 atom stereocenters. The van der Waals surface area contributed by atoms with Gasteiger partial charge in [-0.15, -0.1) is 11.6 Å². The average molecular weight is 332 g/mol. The molecule has 0 amide bonds. The Morgan fingerprint density at radius 1 is 1.43 bits per heavy atom. The third kappa shape index (κ3) is 3.52. The minimum absolute atomic E-state index is 0.222. The molecule has 0 radical (unpaired) electrons. The van der Waals surface area contributed by atoms with E-state index in [0.717, 1.165) is 24.8 Å². The fourth-order valence-corrected chi connectivity index (χ4v) is 4.71. The highest BCUT2D eigenvalue weighted by Crippen LogP contribution is 2.32. The van der Waals surface area contributed by atoms with Crippen LogP contribution < -0.4 is 4.74 Å². The fraction of sp³-hybridized carbons (Fsp3) is 0.600. The van der Waals surface area contributed by atoms with Crippen LogP contribution in [0.3, 0.4) is 0 Å².